The molecular formula is C19H19N3O4. The molecular weight excluding hydrogens is 334 g/mol. The summed E-state index contributed by atoms with van der Waals surface area (Å²) in [6, 6.07) is 7.38. The number of aliphatic hydroxyl groups excluding tert-OH is 1. The van der Waals surface area contributed by atoms with Crippen LogP contribution in [0.5, 0.6) is 0 Å². The van der Waals surface area contributed by atoms with E-state index in [4.69, 9.17) is 0 Å². The number of aliphatic hydroxyl groups is 1. The number of hydrogen-bond donors (Lipinski definition) is 1. The van der Waals surface area contributed by atoms with Crippen LogP contribution in [0.2, 0.25) is 0 Å². The van der Waals surface area contributed by atoms with Crippen molar-refractivity contribution in [1.82, 2.24) is 9.80 Å². The smallest absolute Gasteiger partial charge is 0.333 e. The van der Waals surface area contributed by atoms with Crippen molar-refractivity contribution in [3.05, 3.63) is 65.6 Å². The van der Waals surface area contributed by atoms with Gasteiger partial charge in [0.15, 0.2) is 0 Å². The summed E-state index contributed by atoms with van der Waals surface area (Å²) in [6.07, 6.45) is 6.89. The minimum absolute atomic E-state index is 0.249. The summed E-state index contributed by atoms with van der Waals surface area (Å²) in [6.45, 7) is 0.847. The first-order valence-corrected chi connectivity index (χ1v) is 8.14. The Morgan fingerprint density at radius 1 is 1.08 bits per heavy atom. The van der Waals surface area contributed by atoms with Gasteiger partial charge in [0.25, 0.3) is 11.8 Å². The van der Waals surface area contributed by atoms with Crippen molar-refractivity contribution < 1.29 is 19.5 Å². The van der Waals surface area contributed by atoms with Crippen molar-refractivity contribution in [3.63, 3.8) is 0 Å². The van der Waals surface area contributed by atoms with Crippen LogP contribution in [0.15, 0.2) is 60.0 Å². The van der Waals surface area contributed by atoms with Gasteiger partial charge in [-0.05, 0) is 36.3 Å². The topological polar surface area (TPSA) is 81.2 Å². The third kappa shape index (κ3) is 3.11. The Morgan fingerprint density at radius 3 is 2.42 bits per heavy atom. The summed E-state index contributed by atoms with van der Waals surface area (Å²) in [5.41, 5.74) is 2.12. The van der Waals surface area contributed by atoms with Crippen LogP contribution in [0, 0.1) is 0 Å². The number of carbonyl (C=O) groups is 3. The Bertz CT molecular complexity index is 843. The maximum absolute atomic E-state index is 12.1. The Morgan fingerprint density at radius 2 is 1.73 bits per heavy atom. The molecule has 134 valence electrons. The van der Waals surface area contributed by atoms with Crippen LogP contribution in [0.1, 0.15) is 5.56 Å². The SMILES string of the molecule is CN1C(=O)C(=C/C(O)=C/C=C/N2CCc3ccccc32)C(=O)N(C)C1=O. The number of hydrogen-bond acceptors (Lipinski definition) is 5. The molecule has 0 radical (unpaired) electrons. The maximum atomic E-state index is 12.1. The number of amides is 4. The van der Waals surface area contributed by atoms with Crippen molar-refractivity contribution >= 4 is 23.5 Å². The van der Waals surface area contributed by atoms with Gasteiger partial charge in [-0.2, -0.15) is 0 Å². The fraction of sp³-hybridized carbons (Fsp3) is 0.211. The van der Waals surface area contributed by atoms with Gasteiger partial charge in [0.2, 0.25) is 0 Å². The van der Waals surface area contributed by atoms with Crippen LogP contribution in [-0.4, -0.2) is 53.4 Å². The monoisotopic (exact) mass is 353 g/mol. The van der Waals surface area contributed by atoms with Crippen molar-refractivity contribution in [2.75, 3.05) is 25.5 Å². The molecule has 0 saturated carbocycles. The number of barbiturate groups is 1. The number of nitrogens with zero attached hydrogens (tertiary/aromatic N) is 3. The second-order valence-corrected chi connectivity index (χ2v) is 6.07. The molecule has 7 heteroatoms. The van der Waals surface area contributed by atoms with Gasteiger partial charge in [-0.15, -0.1) is 0 Å². The summed E-state index contributed by atoms with van der Waals surface area (Å²) in [5.74, 6) is -1.73. The fourth-order valence-electron chi connectivity index (χ4n) is 2.94. The van der Waals surface area contributed by atoms with E-state index in [1.807, 2.05) is 24.4 Å². The minimum Gasteiger partial charge on any atom is -0.508 e. The molecule has 2 aliphatic heterocycles. The molecule has 0 atom stereocenters. The minimum atomic E-state index is -0.740. The van der Waals surface area contributed by atoms with E-state index < -0.39 is 17.8 Å². The van der Waals surface area contributed by atoms with Crippen LogP contribution < -0.4 is 4.90 Å². The van der Waals surface area contributed by atoms with E-state index in [1.54, 1.807) is 6.08 Å². The first kappa shape index (κ1) is 17.5. The van der Waals surface area contributed by atoms with E-state index in [0.29, 0.717) is 0 Å². The molecule has 0 unspecified atom stereocenters. The Balaban J connectivity index is 1.76. The number of allylic oxidation sites excluding steroid dienone is 3. The van der Waals surface area contributed by atoms with Gasteiger partial charge < -0.3 is 10.0 Å². The van der Waals surface area contributed by atoms with Gasteiger partial charge in [-0.3, -0.25) is 19.4 Å². The second kappa shape index (κ2) is 6.87. The average molecular weight is 353 g/mol. The summed E-state index contributed by atoms with van der Waals surface area (Å²) < 4.78 is 0. The van der Waals surface area contributed by atoms with E-state index in [2.05, 4.69) is 11.0 Å². The number of benzene rings is 1. The van der Waals surface area contributed by atoms with Crippen molar-refractivity contribution in [1.29, 1.82) is 0 Å². The van der Waals surface area contributed by atoms with Crippen LogP contribution in [0.4, 0.5) is 10.5 Å². The van der Waals surface area contributed by atoms with E-state index in [-0.39, 0.29) is 11.3 Å². The summed E-state index contributed by atoms with van der Waals surface area (Å²) in [4.78, 5) is 39.6. The van der Waals surface area contributed by atoms with Gasteiger partial charge in [0, 0.05) is 32.5 Å². The number of imide groups is 2. The lowest BCUT2D eigenvalue weighted by Crippen LogP contribution is -2.53. The molecule has 1 aromatic rings. The number of para-hydroxylation sites is 1. The highest BCUT2D eigenvalue weighted by Crippen LogP contribution is 2.27. The molecule has 1 N–H and O–H groups in total. The number of fused-ring (bicyclic) bond motifs is 1. The van der Waals surface area contributed by atoms with Crippen LogP contribution >= 0.6 is 0 Å². The van der Waals surface area contributed by atoms with E-state index >= 15 is 0 Å². The first-order chi connectivity index (χ1) is 12.4. The van der Waals surface area contributed by atoms with E-state index in [0.717, 1.165) is 34.5 Å². The van der Waals surface area contributed by atoms with Gasteiger partial charge in [-0.25, -0.2) is 4.79 Å². The molecule has 7 nitrogen and oxygen atoms in total. The predicted molar refractivity (Wildman–Crippen MR) is 96.4 cm³/mol. The molecule has 0 aromatic heterocycles. The zero-order chi connectivity index (χ0) is 18.8. The highest BCUT2D eigenvalue weighted by atomic mass is 16.3. The zero-order valence-corrected chi connectivity index (χ0v) is 14.5. The molecule has 0 aliphatic carbocycles. The summed E-state index contributed by atoms with van der Waals surface area (Å²) in [7, 11) is 2.57. The normalized spacial score (nSPS) is 18.2. The molecule has 1 aromatic carbocycles. The standard InChI is InChI=1S/C19H19N3O4/c1-20-17(24)15(18(25)21(2)19(20)26)12-14(23)7-5-10-22-11-9-13-6-3-4-8-16(13)22/h3-8,10,12,23H,9,11H2,1-2H3/b10-5+,14-7-. The highest BCUT2D eigenvalue weighted by Gasteiger charge is 2.37. The molecule has 3 rings (SSSR count). The number of anilines is 1. The van der Waals surface area contributed by atoms with Gasteiger partial charge >= 0.3 is 6.03 Å². The van der Waals surface area contributed by atoms with Crippen molar-refractivity contribution in [2.45, 2.75) is 6.42 Å². The van der Waals surface area contributed by atoms with Gasteiger partial charge in [0.1, 0.15) is 11.3 Å². The van der Waals surface area contributed by atoms with E-state index in [1.165, 1.54) is 25.7 Å². The molecule has 1 fully saturated rings. The van der Waals surface area contributed by atoms with Gasteiger partial charge in [-0.1, -0.05) is 18.2 Å². The third-order valence-electron chi connectivity index (χ3n) is 4.39. The number of urea groups is 1. The highest BCUT2D eigenvalue weighted by molar-refractivity contribution is 6.28. The zero-order valence-electron chi connectivity index (χ0n) is 14.5. The lowest BCUT2D eigenvalue weighted by Gasteiger charge is -2.28. The molecule has 1 saturated heterocycles. The Labute approximate surface area is 151 Å². The molecule has 0 bridgehead atoms. The van der Waals surface area contributed by atoms with Crippen LogP contribution in [0.3, 0.4) is 0 Å². The maximum Gasteiger partial charge on any atom is 0.333 e. The number of carbonyl (C=O) groups excluding carboxylic acids is 3. The van der Waals surface area contributed by atoms with Crippen molar-refractivity contribution in [3.8, 4) is 0 Å². The number of rotatable bonds is 3. The Kier molecular flexibility index (Phi) is 4.62. The van der Waals surface area contributed by atoms with Crippen LogP contribution in [0.25, 0.3) is 0 Å². The van der Waals surface area contributed by atoms with E-state index in [9.17, 15) is 19.5 Å². The third-order valence-corrected chi connectivity index (χ3v) is 4.39. The fourth-order valence-corrected chi connectivity index (χ4v) is 2.94. The molecule has 26 heavy (non-hydrogen) atoms. The second-order valence-electron chi connectivity index (χ2n) is 6.07. The largest absolute Gasteiger partial charge is 0.508 e. The first-order valence-electron chi connectivity index (χ1n) is 8.14. The quantitative estimate of drug-likeness (QED) is 0.389. The number of likely N-dealkylation sites (N-methyl/N-ethyl adjacent to an activating group) is 2. The summed E-state index contributed by atoms with van der Waals surface area (Å²) >= 11 is 0. The molecule has 0 spiro atoms. The molecule has 2 heterocycles. The van der Waals surface area contributed by atoms with Crippen LogP contribution in [-0.2, 0) is 16.0 Å². The molecule has 4 amide bonds. The lowest BCUT2D eigenvalue weighted by atomic mass is 10.1. The Hall–Kier alpha value is -3.35. The molecule has 2 aliphatic rings. The summed E-state index contributed by atoms with van der Waals surface area (Å²) in [5, 5.41) is 10.0. The van der Waals surface area contributed by atoms with Gasteiger partial charge in [0.05, 0.1) is 0 Å². The lowest BCUT2D eigenvalue weighted by molar-refractivity contribution is -0.134. The van der Waals surface area contributed by atoms with Crippen molar-refractivity contribution in [2.24, 2.45) is 0 Å². The predicted octanol–water partition coefficient (Wildman–Crippen LogP) is 1.98. The average Bonchev–Trinajstić information content (AvgIpc) is 3.05.